The summed E-state index contributed by atoms with van der Waals surface area (Å²) in [6.45, 7) is 0.173. The number of nitrogens with one attached hydrogen (secondary N) is 1. The van der Waals surface area contributed by atoms with Crippen LogP contribution in [0.3, 0.4) is 0 Å². The molecule has 1 fully saturated rings. The van der Waals surface area contributed by atoms with Gasteiger partial charge >= 0.3 is 5.97 Å². The van der Waals surface area contributed by atoms with Gasteiger partial charge in [0.1, 0.15) is 5.69 Å². The zero-order chi connectivity index (χ0) is 17.0. The number of carboxylic acid groups (broad SMARTS) is 1. The number of amides is 1. The first-order valence-corrected chi connectivity index (χ1v) is 8.97. The van der Waals surface area contributed by atoms with Gasteiger partial charge in [-0.05, 0) is 18.4 Å². The molecular weight excluding hydrogens is 324 g/mol. The lowest BCUT2D eigenvalue weighted by atomic mass is 9.86. The Labute approximate surface area is 144 Å². The third-order valence-electron chi connectivity index (χ3n) is 4.58. The molecule has 3 rings (SSSR count). The molecule has 24 heavy (non-hydrogen) atoms. The van der Waals surface area contributed by atoms with Gasteiger partial charge in [0, 0.05) is 18.3 Å². The maximum Gasteiger partial charge on any atom is 0.311 e. The number of rotatable bonds is 6. The molecule has 0 saturated heterocycles. The number of hydrogen-bond donors (Lipinski definition) is 2. The molecular formula is C18H20N2O3S. The predicted molar refractivity (Wildman–Crippen MR) is 92.2 cm³/mol. The van der Waals surface area contributed by atoms with Gasteiger partial charge in [-0.2, -0.15) is 0 Å². The first-order chi connectivity index (χ1) is 11.6. The Morgan fingerprint density at radius 1 is 1.21 bits per heavy atom. The molecule has 2 N–H and O–H groups in total. The van der Waals surface area contributed by atoms with Crippen LogP contribution in [0.1, 0.15) is 46.7 Å². The third-order valence-corrected chi connectivity index (χ3v) is 5.43. The van der Waals surface area contributed by atoms with Crippen molar-refractivity contribution in [3.63, 3.8) is 0 Å². The SMILES string of the molecule is O=C(NCC1(C(=O)O)CCCC1)c1csc(Cc2ccccc2)n1. The molecule has 1 aliphatic rings. The number of nitrogens with zero attached hydrogens (tertiary/aromatic N) is 1. The first-order valence-electron chi connectivity index (χ1n) is 8.09. The lowest BCUT2D eigenvalue weighted by molar-refractivity contribution is -0.148. The number of aliphatic carboxylic acids is 1. The van der Waals surface area contributed by atoms with Gasteiger partial charge in [-0.25, -0.2) is 4.98 Å². The van der Waals surface area contributed by atoms with Crippen LogP contribution in [-0.2, 0) is 11.2 Å². The minimum Gasteiger partial charge on any atom is -0.481 e. The van der Waals surface area contributed by atoms with Gasteiger partial charge in [-0.3, -0.25) is 9.59 Å². The Balaban J connectivity index is 1.60. The maximum atomic E-state index is 12.3. The quantitative estimate of drug-likeness (QED) is 0.844. The average Bonchev–Trinajstić information content (AvgIpc) is 3.24. The van der Waals surface area contributed by atoms with E-state index in [0.29, 0.717) is 25.0 Å². The molecule has 1 aliphatic carbocycles. The van der Waals surface area contributed by atoms with Crippen molar-refractivity contribution in [2.75, 3.05) is 6.54 Å². The highest BCUT2D eigenvalue weighted by molar-refractivity contribution is 7.09. The second kappa shape index (κ2) is 7.13. The van der Waals surface area contributed by atoms with Crippen molar-refractivity contribution in [2.45, 2.75) is 32.1 Å². The third kappa shape index (κ3) is 3.64. The molecule has 1 aromatic carbocycles. The minimum absolute atomic E-state index is 0.173. The van der Waals surface area contributed by atoms with E-state index in [9.17, 15) is 14.7 Å². The minimum atomic E-state index is -0.816. The van der Waals surface area contributed by atoms with Gasteiger partial charge in [0.05, 0.1) is 10.4 Å². The monoisotopic (exact) mass is 344 g/mol. The number of carboxylic acids is 1. The number of hydrogen-bond acceptors (Lipinski definition) is 4. The molecule has 0 unspecified atom stereocenters. The van der Waals surface area contributed by atoms with Gasteiger partial charge in [-0.15, -0.1) is 11.3 Å². The smallest absolute Gasteiger partial charge is 0.311 e. The van der Waals surface area contributed by atoms with Crippen LogP contribution < -0.4 is 5.32 Å². The maximum absolute atomic E-state index is 12.3. The Morgan fingerprint density at radius 3 is 2.58 bits per heavy atom. The van der Waals surface area contributed by atoms with E-state index in [1.165, 1.54) is 11.3 Å². The Hall–Kier alpha value is -2.21. The van der Waals surface area contributed by atoms with Crippen LogP contribution in [0.5, 0.6) is 0 Å². The number of benzene rings is 1. The highest BCUT2D eigenvalue weighted by atomic mass is 32.1. The fourth-order valence-corrected chi connectivity index (χ4v) is 3.93. The van der Waals surface area contributed by atoms with Gasteiger partial charge in [0.15, 0.2) is 0 Å². The molecule has 1 saturated carbocycles. The normalized spacial score (nSPS) is 16.0. The summed E-state index contributed by atoms with van der Waals surface area (Å²) in [7, 11) is 0. The Morgan fingerprint density at radius 2 is 1.92 bits per heavy atom. The summed E-state index contributed by atoms with van der Waals surface area (Å²) < 4.78 is 0. The molecule has 126 valence electrons. The summed E-state index contributed by atoms with van der Waals surface area (Å²) in [5.41, 5.74) is 0.706. The fourth-order valence-electron chi connectivity index (χ4n) is 3.12. The number of thiazole rings is 1. The standard InChI is InChI=1S/C18H20N2O3S/c21-16(19-12-18(17(22)23)8-4-5-9-18)14-11-24-15(20-14)10-13-6-2-1-3-7-13/h1-3,6-7,11H,4-5,8-10,12H2,(H,19,21)(H,22,23). The number of aromatic nitrogens is 1. The molecule has 5 nitrogen and oxygen atoms in total. The van der Waals surface area contributed by atoms with E-state index in [1.807, 2.05) is 30.3 Å². The van der Waals surface area contributed by atoms with E-state index in [2.05, 4.69) is 10.3 Å². The fraction of sp³-hybridized carbons (Fsp3) is 0.389. The molecule has 1 aromatic heterocycles. The molecule has 0 aliphatic heterocycles. The van der Waals surface area contributed by atoms with Crippen LogP contribution in [-0.4, -0.2) is 28.5 Å². The van der Waals surface area contributed by atoms with Crippen LogP contribution >= 0.6 is 11.3 Å². The van der Waals surface area contributed by atoms with Crippen LogP contribution in [0, 0.1) is 5.41 Å². The van der Waals surface area contributed by atoms with Crippen molar-refractivity contribution in [3.8, 4) is 0 Å². The van der Waals surface area contributed by atoms with Crippen molar-refractivity contribution in [1.82, 2.24) is 10.3 Å². The van der Waals surface area contributed by atoms with Crippen LogP contribution in [0.15, 0.2) is 35.7 Å². The zero-order valence-electron chi connectivity index (χ0n) is 13.3. The number of carbonyl (C=O) groups is 2. The summed E-state index contributed by atoms with van der Waals surface area (Å²) >= 11 is 1.45. The van der Waals surface area contributed by atoms with E-state index in [4.69, 9.17) is 0 Å². The largest absolute Gasteiger partial charge is 0.481 e. The van der Waals surface area contributed by atoms with Crippen LogP contribution in [0.4, 0.5) is 0 Å². The summed E-state index contributed by atoms with van der Waals surface area (Å²) in [6.07, 6.45) is 3.75. The number of carbonyl (C=O) groups excluding carboxylic acids is 1. The summed E-state index contributed by atoms with van der Waals surface area (Å²) in [6, 6.07) is 9.97. The second-order valence-electron chi connectivity index (χ2n) is 6.26. The van der Waals surface area contributed by atoms with Crippen molar-refractivity contribution in [3.05, 3.63) is 52.0 Å². The molecule has 0 spiro atoms. The average molecular weight is 344 g/mol. The highest BCUT2D eigenvalue weighted by Gasteiger charge is 2.41. The van der Waals surface area contributed by atoms with Crippen molar-refractivity contribution in [2.24, 2.45) is 5.41 Å². The highest BCUT2D eigenvalue weighted by Crippen LogP contribution is 2.37. The predicted octanol–water partition coefficient (Wildman–Crippen LogP) is 3.11. The summed E-state index contributed by atoms with van der Waals surface area (Å²) in [5.74, 6) is -1.11. The van der Waals surface area contributed by atoms with E-state index in [1.54, 1.807) is 5.38 Å². The van der Waals surface area contributed by atoms with Crippen LogP contribution in [0.2, 0.25) is 0 Å². The molecule has 6 heteroatoms. The van der Waals surface area contributed by atoms with Gasteiger partial charge in [0.2, 0.25) is 0 Å². The molecule has 1 heterocycles. The summed E-state index contributed by atoms with van der Waals surface area (Å²) in [4.78, 5) is 28.2. The Bertz CT molecular complexity index is 721. The lowest BCUT2D eigenvalue weighted by Gasteiger charge is -2.23. The lowest BCUT2D eigenvalue weighted by Crippen LogP contribution is -2.41. The second-order valence-corrected chi connectivity index (χ2v) is 7.21. The molecule has 0 bridgehead atoms. The van der Waals surface area contributed by atoms with Gasteiger partial charge in [0.25, 0.3) is 5.91 Å². The van der Waals surface area contributed by atoms with E-state index < -0.39 is 11.4 Å². The zero-order valence-corrected chi connectivity index (χ0v) is 14.1. The molecule has 0 atom stereocenters. The van der Waals surface area contributed by atoms with E-state index in [-0.39, 0.29) is 12.5 Å². The van der Waals surface area contributed by atoms with Gasteiger partial charge in [-0.1, -0.05) is 43.2 Å². The molecule has 2 aromatic rings. The molecule has 0 radical (unpaired) electrons. The molecule has 1 amide bonds. The van der Waals surface area contributed by atoms with Crippen molar-refractivity contribution >= 4 is 23.2 Å². The van der Waals surface area contributed by atoms with Crippen molar-refractivity contribution in [1.29, 1.82) is 0 Å². The van der Waals surface area contributed by atoms with Gasteiger partial charge < -0.3 is 10.4 Å². The van der Waals surface area contributed by atoms with Crippen molar-refractivity contribution < 1.29 is 14.7 Å². The summed E-state index contributed by atoms with van der Waals surface area (Å²) in [5, 5.41) is 14.8. The van der Waals surface area contributed by atoms with E-state index in [0.717, 1.165) is 23.4 Å². The first kappa shape index (κ1) is 16.6. The van der Waals surface area contributed by atoms with Crippen LogP contribution in [0.25, 0.3) is 0 Å². The Kier molecular flexibility index (Phi) is 4.94. The topological polar surface area (TPSA) is 79.3 Å². The van der Waals surface area contributed by atoms with E-state index >= 15 is 0 Å².